The molecule has 2 N–H and O–H groups in total. The number of para-hydroxylation sites is 1. The Morgan fingerprint density at radius 2 is 2.14 bits per heavy atom. The first-order valence-electron chi connectivity index (χ1n) is 7.26. The van der Waals surface area contributed by atoms with Crippen molar-refractivity contribution in [1.29, 1.82) is 0 Å². The largest absolute Gasteiger partial charge is 0.356 e. The number of aryl methyl sites for hydroxylation is 1. The van der Waals surface area contributed by atoms with Gasteiger partial charge in [-0.1, -0.05) is 29.8 Å². The predicted octanol–water partition coefficient (Wildman–Crippen LogP) is 3.59. The first kappa shape index (κ1) is 14.2. The summed E-state index contributed by atoms with van der Waals surface area (Å²) in [5.74, 6) is 0. The number of hydrogen-bond donors (Lipinski definition) is 2. The summed E-state index contributed by atoms with van der Waals surface area (Å²) in [5, 5.41) is 5.37. The van der Waals surface area contributed by atoms with Crippen molar-refractivity contribution in [3.63, 3.8) is 0 Å². The molecule has 2 aromatic heterocycles. The Labute approximate surface area is 129 Å². The smallest absolute Gasteiger partial charge is 0.0945 e. The number of fused-ring (bicyclic) bond motifs is 1. The zero-order chi connectivity index (χ0) is 14.5. The van der Waals surface area contributed by atoms with Crippen LogP contribution in [-0.4, -0.2) is 21.1 Å². The van der Waals surface area contributed by atoms with E-state index in [1.807, 2.05) is 36.9 Å². The fourth-order valence-corrected chi connectivity index (χ4v) is 2.74. The molecule has 3 rings (SSSR count). The van der Waals surface area contributed by atoms with Gasteiger partial charge in [0.1, 0.15) is 0 Å². The highest BCUT2D eigenvalue weighted by molar-refractivity contribution is 6.36. The van der Waals surface area contributed by atoms with Crippen LogP contribution in [0.1, 0.15) is 18.5 Å². The Bertz CT molecular complexity index is 687. The Morgan fingerprint density at radius 3 is 2.95 bits per heavy atom. The molecule has 21 heavy (non-hydrogen) atoms. The third kappa shape index (κ3) is 3.46. The molecule has 0 spiro atoms. The van der Waals surface area contributed by atoms with Crippen LogP contribution in [0, 0.1) is 0 Å². The number of aromatic nitrogens is 3. The van der Waals surface area contributed by atoms with E-state index in [-0.39, 0.29) is 0 Å². The van der Waals surface area contributed by atoms with Gasteiger partial charge in [-0.3, -0.25) is 0 Å². The van der Waals surface area contributed by atoms with Crippen molar-refractivity contribution >= 4 is 22.5 Å². The second-order valence-corrected chi connectivity index (χ2v) is 5.53. The maximum absolute atomic E-state index is 6.38. The SMILES string of the molecule is Clc1c(CNCCCCn2ccnc2)[nH]c2ccccc12. The molecule has 0 atom stereocenters. The Morgan fingerprint density at radius 1 is 1.24 bits per heavy atom. The molecule has 0 amide bonds. The molecule has 0 aliphatic rings. The molecular formula is C16H19ClN4. The molecule has 0 aliphatic heterocycles. The number of imidazole rings is 1. The quantitative estimate of drug-likeness (QED) is 0.655. The van der Waals surface area contributed by atoms with Crippen LogP contribution in [0.25, 0.3) is 10.9 Å². The van der Waals surface area contributed by atoms with Crippen LogP contribution in [0.2, 0.25) is 5.02 Å². The zero-order valence-electron chi connectivity index (χ0n) is 11.8. The lowest BCUT2D eigenvalue weighted by atomic mass is 10.2. The molecule has 0 aliphatic carbocycles. The van der Waals surface area contributed by atoms with Crippen LogP contribution < -0.4 is 5.32 Å². The maximum atomic E-state index is 6.38. The van der Waals surface area contributed by atoms with E-state index in [2.05, 4.69) is 25.9 Å². The molecule has 3 aromatic rings. The Kier molecular flexibility index (Phi) is 4.58. The third-order valence-corrected chi connectivity index (χ3v) is 4.03. The van der Waals surface area contributed by atoms with Crippen molar-refractivity contribution in [1.82, 2.24) is 19.9 Å². The molecule has 4 nitrogen and oxygen atoms in total. The molecule has 2 heterocycles. The van der Waals surface area contributed by atoms with E-state index in [0.717, 1.165) is 54.1 Å². The maximum Gasteiger partial charge on any atom is 0.0945 e. The number of nitrogens with one attached hydrogen (secondary N) is 2. The molecule has 0 unspecified atom stereocenters. The molecule has 0 radical (unpaired) electrons. The average molecular weight is 303 g/mol. The first-order chi connectivity index (χ1) is 10.3. The minimum Gasteiger partial charge on any atom is -0.356 e. The number of hydrogen-bond acceptors (Lipinski definition) is 2. The minimum absolute atomic E-state index is 0.776. The van der Waals surface area contributed by atoms with Crippen molar-refractivity contribution in [2.75, 3.05) is 6.54 Å². The number of nitrogens with zero attached hydrogens (tertiary/aromatic N) is 2. The fourth-order valence-electron chi connectivity index (χ4n) is 2.46. The van der Waals surface area contributed by atoms with Crippen LogP contribution in [0.5, 0.6) is 0 Å². The first-order valence-corrected chi connectivity index (χ1v) is 7.64. The third-order valence-electron chi connectivity index (χ3n) is 3.59. The Balaban J connectivity index is 1.43. The van der Waals surface area contributed by atoms with Crippen LogP contribution >= 0.6 is 11.6 Å². The zero-order valence-corrected chi connectivity index (χ0v) is 12.6. The summed E-state index contributed by atoms with van der Waals surface area (Å²) in [7, 11) is 0. The van der Waals surface area contributed by atoms with Crippen molar-refractivity contribution < 1.29 is 0 Å². The lowest BCUT2D eigenvalue weighted by molar-refractivity contribution is 0.566. The van der Waals surface area contributed by atoms with Gasteiger partial charge in [0.15, 0.2) is 0 Å². The number of unbranched alkanes of at least 4 members (excludes halogenated alkanes) is 1. The standard InChI is InChI=1S/C16H19ClN4/c17-16-13-5-1-2-6-14(13)20-15(16)11-18-7-3-4-9-21-10-8-19-12-21/h1-2,5-6,8,10,12,18,20H,3-4,7,9,11H2. The van der Waals surface area contributed by atoms with E-state index in [0.29, 0.717) is 0 Å². The minimum atomic E-state index is 0.776. The molecular weight excluding hydrogens is 284 g/mol. The number of rotatable bonds is 7. The van der Waals surface area contributed by atoms with E-state index < -0.39 is 0 Å². The van der Waals surface area contributed by atoms with Gasteiger partial charge in [-0.2, -0.15) is 0 Å². The number of aromatic amines is 1. The van der Waals surface area contributed by atoms with Gasteiger partial charge in [-0.05, 0) is 25.5 Å². The highest BCUT2D eigenvalue weighted by atomic mass is 35.5. The van der Waals surface area contributed by atoms with Gasteiger partial charge in [-0.25, -0.2) is 4.98 Å². The van der Waals surface area contributed by atoms with E-state index in [1.165, 1.54) is 0 Å². The van der Waals surface area contributed by atoms with E-state index in [9.17, 15) is 0 Å². The molecule has 0 saturated carbocycles. The highest BCUT2D eigenvalue weighted by Crippen LogP contribution is 2.26. The number of halogens is 1. The van der Waals surface area contributed by atoms with Crippen LogP contribution in [-0.2, 0) is 13.1 Å². The van der Waals surface area contributed by atoms with Crippen LogP contribution in [0.4, 0.5) is 0 Å². The van der Waals surface area contributed by atoms with Crippen LogP contribution in [0.15, 0.2) is 43.0 Å². The molecule has 0 bridgehead atoms. The van der Waals surface area contributed by atoms with Gasteiger partial charge in [0.2, 0.25) is 0 Å². The number of benzene rings is 1. The highest BCUT2D eigenvalue weighted by Gasteiger charge is 2.07. The Hall–Kier alpha value is -1.78. The number of H-pyrrole nitrogens is 1. The topological polar surface area (TPSA) is 45.6 Å². The lowest BCUT2D eigenvalue weighted by Crippen LogP contribution is -2.15. The molecule has 1 aromatic carbocycles. The predicted molar refractivity (Wildman–Crippen MR) is 86.5 cm³/mol. The van der Waals surface area contributed by atoms with E-state index >= 15 is 0 Å². The summed E-state index contributed by atoms with van der Waals surface area (Å²) in [5.41, 5.74) is 2.16. The van der Waals surface area contributed by atoms with Crippen molar-refractivity contribution in [2.24, 2.45) is 0 Å². The van der Waals surface area contributed by atoms with Gasteiger partial charge in [0.25, 0.3) is 0 Å². The summed E-state index contributed by atoms with van der Waals surface area (Å²) in [6.45, 7) is 2.79. The van der Waals surface area contributed by atoms with Gasteiger partial charge in [0.05, 0.1) is 11.3 Å². The normalized spacial score (nSPS) is 11.3. The monoisotopic (exact) mass is 302 g/mol. The van der Waals surface area contributed by atoms with Gasteiger partial charge in [-0.15, -0.1) is 0 Å². The van der Waals surface area contributed by atoms with Crippen molar-refractivity contribution in [3.8, 4) is 0 Å². The summed E-state index contributed by atoms with van der Waals surface area (Å²) in [6.07, 6.45) is 7.95. The fraction of sp³-hybridized carbons (Fsp3) is 0.312. The molecule has 5 heteroatoms. The van der Waals surface area contributed by atoms with E-state index in [1.54, 1.807) is 0 Å². The average Bonchev–Trinajstić information content (AvgIpc) is 3.12. The molecule has 110 valence electrons. The van der Waals surface area contributed by atoms with Crippen LogP contribution in [0.3, 0.4) is 0 Å². The summed E-state index contributed by atoms with van der Waals surface area (Å²) < 4.78 is 2.11. The summed E-state index contributed by atoms with van der Waals surface area (Å²) in [4.78, 5) is 7.41. The summed E-state index contributed by atoms with van der Waals surface area (Å²) in [6, 6.07) is 8.12. The van der Waals surface area contributed by atoms with Crippen molar-refractivity contribution in [2.45, 2.75) is 25.9 Å². The second-order valence-electron chi connectivity index (χ2n) is 5.15. The van der Waals surface area contributed by atoms with Crippen molar-refractivity contribution in [3.05, 3.63) is 53.7 Å². The molecule has 0 saturated heterocycles. The van der Waals surface area contributed by atoms with Gasteiger partial charge >= 0.3 is 0 Å². The van der Waals surface area contributed by atoms with Gasteiger partial charge < -0.3 is 14.9 Å². The second kappa shape index (κ2) is 6.78. The van der Waals surface area contributed by atoms with Gasteiger partial charge in [0, 0.05) is 42.1 Å². The van der Waals surface area contributed by atoms with E-state index in [4.69, 9.17) is 11.6 Å². The summed E-state index contributed by atoms with van der Waals surface area (Å²) >= 11 is 6.38. The lowest BCUT2D eigenvalue weighted by Gasteiger charge is -2.05. The molecule has 0 fully saturated rings.